The number of hydrogen-bond donors (Lipinski definition) is 1. The molecular formula is C16H25NO2. The van der Waals surface area contributed by atoms with E-state index in [1.54, 1.807) is 7.11 Å². The number of rotatable bonds is 8. The Hall–Kier alpha value is -1.22. The summed E-state index contributed by atoms with van der Waals surface area (Å²) in [7, 11) is 1.68. The van der Waals surface area contributed by atoms with E-state index >= 15 is 0 Å². The normalized spacial score (nSPS) is 16.2. The third-order valence-corrected chi connectivity index (χ3v) is 3.73. The van der Waals surface area contributed by atoms with Gasteiger partial charge in [-0.3, -0.25) is 0 Å². The topological polar surface area (TPSA) is 44.5 Å². The number of hydrogen-bond acceptors (Lipinski definition) is 3. The number of nitrogens with two attached hydrogens (primary N) is 1. The van der Waals surface area contributed by atoms with Gasteiger partial charge in [0, 0.05) is 6.04 Å². The van der Waals surface area contributed by atoms with E-state index in [4.69, 9.17) is 15.2 Å². The van der Waals surface area contributed by atoms with Crippen molar-refractivity contribution in [1.82, 2.24) is 0 Å². The third kappa shape index (κ3) is 4.43. The van der Waals surface area contributed by atoms with Gasteiger partial charge in [-0.25, -0.2) is 0 Å². The van der Waals surface area contributed by atoms with Crippen LogP contribution < -0.4 is 15.2 Å². The van der Waals surface area contributed by atoms with Crippen LogP contribution >= 0.6 is 0 Å². The monoisotopic (exact) mass is 263 g/mol. The van der Waals surface area contributed by atoms with E-state index in [0.29, 0.717) is 0 Å². The first-order valence-electron chi connectivity index (χ1n) is 7.28. The van der Waals surface area contributed by atoms with Crippen LogP contribution in [0, 0.1) is 5.92 Å². The van der Waals surface area contributed by atoms with E-state index in [0.717, 1.165) is 43.3 Å². The zero-order chi connectivity index (χ0) is 13.7. The molecule has 1 aliphatic rings. The van der Waals surface area contributed by atoms with Gasteiger partial charge in [-0.1, -0.05) is 25.8 Å². The standard InChI is InChI=1S/C16H25NO2/c1-3-14(17)10-13-6-7-15(18-2)16(11-13)19-9-8-12-4-5-12/h6-7,11-12,14H,3-5,8-10,17H2,1-2H3. The molecule has 0 heterocycles. The maximum Gasteiger partial charge on any atom is 0.161 e. The fourth-order valence-corrected chi connectivity index (χ4v) is 2.15. The van der Waals surface area contributed by atoms with Crippen LogP contribution in [-0.4, -0.2) is 19.8 Å². The molecule has 1 aliphatic carbocycles. The minimum absolute atomic E-state index is 0.215. The van der Waals surface area contributed by atoms with Crippen molar-refractivity contribution >= 4 is 0 Å². The fraction of sp³-hybridized carbons (Fsp3) is 0.625. The molecule has 1 aromatic rings. The van der Waals surface area contributed by atoms with Crippen molar-refractivity contribution < 1.29 is 9.47 Å². The lowest BCUT2D eigenvalue weighted by atomic mass is 10.0. The number of methoxy groups -OCH3 is 1. The molecule has 1 aromatic carbocycles. The molecule has 1 unspecified atom stereocenters. The molecule has 0 spiro atoms. The van der Waals surface area contributed by atoms with E-state index in [2.05, 4.69) is 19.1 Å². The zero-order valence-corrected chi connectivity index (χ0v) is 12.0. The fourth-order valence-electron chi connectivity index (χ4n) is 2.15. The van der Waals surface area contributed by atoms with Gasteiger partial charge in [0.2, 0.25) is 0 Å². The molecule has 1 atom stereocenters. The van der Waals surface area contributed by atoms with Gasteiger partial charge in [0.15, 0.2) is 11.5 Å². The Balaban J connectivity index is 1.97. The highest BCUT2D eigenvalue weighted by Gasteiger charge is 2.21. The lowest BCUT2D eigenvalue weighted by molar-refractivity contribution is 0.282. The van der Waals surface area contributed by atoms with Gasteiger partial charge in [0.1, 0.15) is 0 Å². The van der Waals surface area contributed by atoms with Crippen LogP contribution in [-0.2, 0) is 6.42 Å². The predicted octanol–water partition coefficient (Wildman–Crippen LogP) is 3.15. The Morgan fingerprint density at radius 1 is 1.32 bits per heavy atom. The van der Waals surface area contributed by atoms with E-state index in [9.17, 15) is 0 Å². The summed E-state index contributed by atoms with van der Waals surface area (Å²) in [6.45, 7) is 2.89. The van der Waals surface area contributed by atoms with Gasteiger partial charge in [0.05, 0.1) is 13.7 Å². The Kier molecular flexibility index (Phi) is 5.08. The van der Waals surface area contributed by atoms with Crippen molar-refractivity contribution in [2.24, 2.45) is 11.7 Å². The smallest absolute Gasteiger partial charge is 0.161 e. The molecular weight excluding hydrogens is 238 g/mol. The van der Waals surface area contributed by atoms with Crippen LogP contribution in [0.25, 0.3) is 0 Å². The highest BCUT2D eigenvalue weighted by molar-refractivity contribution is 5.43. The van der Waals surface area contributed by atoms with Crippen molar-refractivity contribution in [3.63, 3.8) is 0 Å². The van der Waals surface area contributed by atoms with Crippen molar-refractivity contribution in [3.05, 3.63) is 23.8 Å². The molecule has 2 N–H and O–H groups in total. The average molecular weight is 263 g/mol. The molecule has 3 nitrogen and oxygen atoms in total. The van der Waals surface area contributed by atoms with Crippen LogP contribution in [0.2, 0.25) is 0 Å². The van der Waals surface area contributed by atoms with Crippen LogP contribution in [0.4, 0.5) is 0 Å². The second-order valence-corrected chi connectivity index (χ2v) is 5.44. The van der Waals surface area contributed by atoms with Crippen molar-refractivity contribution in [1.29, 1.82) is 0 Å². The minimum atomic E-state index is 0.215. The summed E-state index contributed by atoms with van der Waals surface area (Å²) in [5.74, 6) is 2.55. The maximum absolute atomic E-state index is 6.00. The Morgan fingerprint density at radius 2 is 2.11 bits per heavy atom. The predicted molar refractivity (Wildman–Crippen MR) is 77.8 cm³/mol. The van der Waals surface area contributed by atoms with E-state index in [1.807, 2.05) is 6.07 Å². The first-order chi connectivity index (χ1) is 9.22. The highest BCUT2D eigenvalue weighted by atomic mass is 16.5. The van der Waals surface area contributed by atoms with Gasteiger partial charge in [-0.05, 0) is 42.9 Å². The Labute approximate surface area is 116 Å². The summed E-state index contributed by atoms with van der Waals surface area (Å²) in [6, 6.07) is 6.33. The second-order valence-electron chi connectivity index (χ2n) is 5.44. The first-order valence-corrected chi connectivity index (χ1v) is 7.28. The van der Waals surface area contributed by atoms with Crippen LogP contribution in [0.5, 0.6) is 11.5 Å². The molecule has 3 heteroatoms. The molecule has 0 radical (unpaired) electrons. The van der Waals surface area contributed by atoms with E-state index in [-0.39, 0.29) is 6.04 Å². The average Bonchev–Trinajstić information content (AvgIpc) is 3.23. The van der Waals surface area contributed by atoms with Crippen molar-refractivity contribution in [2.45, 2.75) is 45.1 Å². The first kappa shape index (κ1) is 14.2. The summed E-state index contributed by atoms with van der Waals surface area (Å²) in [4.78, 5) is 0. The summed E-state index contributed by atoms with van der Waals surface area (Å²) in [5, 5.41) is 0. The van der Waals surface area contributed by atoms with Gasteiger partial charge in [-0.15, -0.1) is 0 Å². The van der Waals surface area contributed by atoms with Gasteiger partial charge in [-0.2, -0.15) is 0 Å². The van der Waals surface area contributed by atoms with Gasteiger partial charge in [0.25, 0.3) is 0 Å². The highest BCUT2D eigenvalue weighted by Crippen LogP contribution is 2.33. The molecule has 1 fully saturated rings. The van der Waals surface area contributed by atoms with Gasteiger partial charge < -0.3 is 15.2 Å². The lowest BCUT2D eigenvalue weighted by Crippen LogP contribution is -2.21. The van der Waals surface area contributed by atoms with Crippen LogP contribution in [0.15, 0.2) is 18.2 Å². The third-order valence-electron chi connectivity index (χ3n) is 3.73. The maximum atomic E-state index is 6.00. The van der Waals surface area contributed by atoms with E-state index < -0.39 is 0 Å². The molecule has 0 aliphatic heterocycles. The van der Waals surface area contributed by atoms with Crippen LogP contribution in [0.1, 0.15) is 38.2 Å². The van der Waals surface area contributed by atoms with Gasteiger partial charge >= 0.3 is 0 Å². The molecule has 19 heavy (non-hydrogen) atoms. The lowest BCUT2D eigenvalue weighted by Gasteiger charge is -2.14. The minimum Gasteiger partial charge on any atom is -0.493 e. The summed E-state index contributed by atoms with van der Waals surface area (Å²) < 4.78 is 11.2. The molecule has 0 bridgehead atoms. The Bertz CT molecular complexity index is 402. The molecule has 0 aromatic heterocycles. The summed E-state index contributed by atoms with van der Waals surface area (Å²) in [6.07, 6.45) is 5.77. The molecule has 0 amide bonds. The summed E-state index contributed by atoms with van der Waals surface area (Å²) in [5.41, 5.74) is 7.22. The Morgan fingerprint density at radius 3 is 2.74 bits per heavy atom. The molecule has 106 valence electrons. The van der Waals surface area contributed by atoms with Crippen molar-refractivity contribution in [2.75, 3.05) is 13.7 Å². The quantitative estimate of drug-likeness (QED) is 0.783. The zero-order valence-electron chi connectivity index (χ0n) is 12.0. The molecule has 0 saturated heterocycles. The number of benzene rings is 1. The molecule has 1 saturated carbocycles. The molecule has 2 rings (SSSR count). The SMILES string of the molecule is CCC(N)Cc1ccc(OC)c(OCCC2CC2)c1. The largest absolute Gasteiger partial charge is 0.493 e. The second kappa shape index (κ2) is 6.80. The van der Waals surface area contributed by atoms with Crippen LogP contribution in [0.3, 0.4) is 0 Å². The number of ether oxygens (including phenoxy) is 2. The summed E-state index contributed by atoms with van der Waals surface area (Å²) >= 11 is 0. The van der Waals surface area contributed by atoms with Crippen molar-refractivity contribution in [3.8, 4) is 11.5 Å². The van der Waals surface area contributed by atoms with E-state index in [1.165, 1.54) is 18.4 Å².